The molecule has 31 heavy (non-hydrogen) atoms. The second-order valence-corrected chi connectivity index (χ2v) is 9.44. The third-order valence-corrected chi connectivity index (χ3v) is 8.10. The van der Waals surface area contributed by atoms with E-state index in [2.05, 4.69) is 78.5 Å². The van der Waals surface area contributed by atoms with Crippen molar-refractivity contribution in [2.75, 3.05) is 13.2 Å². The molecule has 3 aromatic rings. The summed E-state index contributed by atoms with van der Waals surface area (Å²) in [5, 5.41) is 4.92. The van der Waals surface area contributed by atoms with Crippen LogP contribution in [-0.4, -0.2) is 28.8 Å². The molecule has 160 valence electrons. The van der Waals surface area contributed by atoms with E-state index in [0.29, 0.717) is 25.0 Å². The summed E-state index contributed by atoms with van der Waals surface area (Å²) >= 11 is 0. The number of benzene rings is 2. The van der Waals surface area contributed by atoms with Crippen molar-refractivity contribution in [1.82, 2.24) is 9.78 Å². The van der Waals surface area contributed by atoms with Crippen LogP contribution in [0.2, 0.25) is 0 Å². The summed E-state index contributed by atoms with van der Waals surface area (Å²) in [5.41, 5.74) is 5.48. The molecule has 3 atom stereocenters. The van der Waals surface area contributed by atoms with E-state index in [1.807, 2.05) is 0 Å². The Balaban J connectivity index is 1.51. The summed E-state index contributed by atoms with van der Waals surface area (Å²) in [6.07, 6.45) is 6.30. The molecule has 4 heteroatoms. The van der Waals surface area contributed by atoms with Crippen molar-refractivity contribution < 1.29 is 9.47 Å². The molecule has 2 heterocycles. The molecule has 1 aromatic heterocycles. The van der Waals surface area contributed by atoms with Gasteiger partial charge in [-0.15, -0.1) is 0 Å². The van der Waals surface area contributed by atoms with Crippen LogP contribution in [0.5, 0.6) is 0 Å². The lowest BCUT2D eigenvalue weighted by atomic mass is 9.52. The fraction of sp³-hybridized carbons (Fsp3) is 0.444. The zero-order valence-corrected chi connectivity index (χ0v) is 18.2. The van der Waals surface area contributed by atoms with Gasteiger partial charge in [0.1, 0.15) is 0 Å². The Labute approximate surface area is 184 Å². The number of hydrogen-bond acceptors (Lipinski definition) is 3. The van der Waals surface area contributed by atoms with Gasteiger partial charge in [-0.1, -0.05) is 67.6 Å². The van der Waals surface area contributed by atoms with Crippen molar-refractivity contribution in [2.45, 2.75) is 50.4 Å². The van der Waals surface area contributed by atoms with Crippen LogP contribution < -0.4 is 0 Å². The van der Waals surface area contributed by atoms with Gasteiger partial charge in [-0.2, -0.15) is 5.10 Å². The first-order valence-electron chi connectivity index (χ1n) is 11.7. The Kier molecular flexibility index (Phi) is 4.55. The van der Waals surface area contributed by atoms with Crippen LogP contribution in [0, 0.1) is 11.8 Å². The largest absolute Gasteiger partial charge is 0.347 e. The summed E-state index contributed by atoms with van der Waals surface area (Å²) in [6.45, 7) is 4.60. The summed E-state index contributed by atoms with van der Waals surface area (Å²) < 4.78 is 14.8. The summed E-state index contributed by atoms with van der Waals surface area (Å²) in [5.74, 6) is 0.378. The molecule has 2 aliphatic carbocycles. The van der Waals surface area contributed by atoms with Crippen LogP contribution in [0.1, 0.15) is 48.6 Å². The second-order valence-electron chi connectivity index (χ2n) is 9.44. The molecule has 0 radical (unpaired) electrons. The Morgan fingerprint density at radius 3 is 2.42 bits per heavy atom. The van der Waals surface area contributed by atoms with E-state index in [1.54, 1.807) is 0 Å². The summed E-state index contributed by atoms with van der Waals surface area (Å²) in [4.78, 5) is 0. The predicted molar refractivity (Wildman–Crippen MR) is 120 cm³/mol. The highest BCUT2D eigenvalue weighted by molar-refractivity contribution is 5.45. The van der Waals surface area contributed by atoms with Crippen LogP contribution in [0.25, 0.3) is 0 Å². The number of fused-ring (bicyclic) bond motifs is 3. The fourth-order valence-electron chi connectivity index (χ4n) is 6.73. The Morgan fingerprint density at radius 1 is 0.968 bits per heavy atom. The lowest BCUT2D eigenvalue weighted by molar-refractivity contribution is -0.233. The van der Waals surface area contributed by atoms with Gasteiger partial charge >= 0.3 is 0 Å². The lowest BCUT2D eigenvalue weighted by Crippen LogP contribution is -2.57. The van der Waals surface area contributed by atoms with E-state index < -0.39 is 5.79 Å². The first-order chi connectivity index (χ1) is 15.2. The van der Waals surface area contributed by atoms with Crippen LogP contribution in [-0.2, 0) is 27.9 Å². The van der Waals surface area contributed by atoms with Gasteiger partial charge in [0.05, 0.1) is 31.6 Å². The normalized spacial score (nSPS) is 28.9. The minimum Gasteiger partial charge on any atom is -0.347 e. The number of nitrogens with zero attached hydrogens (tertiary/aromatic N) is 2. The van der Waals surface area contributed by atoms with E-state index in [9.17, 15) is 0 Å². The minimum atomic E-state index is -0.412. The molecule has 0 bridgehead atoms. The predicted octanol–water partition coefficient (Wildman–Crippen LogP) is 4.95. The zero-order chi connectivity index (χ0) is 20.9. The first-order valence-corrected chi connectivity index (χ1v) is 11.7. The monoisotopic (exact) mass is 414 g/mol. The molecular weight excluding hydrogens is 384 g/mol. The molecule has 2 fully saturated rings. The maximum Gasteiger partial charge on any atom is 0.171 e. The number of ether oxygens (including phenoxy) is 2. The minimum absolute atomic E-state index is 0.0555. The molecule has 1 saturated carbocycles. The molecule has 1 aliphatic heterocycles. The molecule has 1 spiro atoms. The maximum atomic E-state index is 6.27. The van der Waals surface area contributed by atoms with Gasteiger partial charge in [0.2, 0.25) is 0 Å². The molecule has 2 aromatic carbocycles. The topological polar surface area (TPSA) is 36.3 Å². The Hall–Kier alpha value is -2.43. The van der Waals surface area contributed by atoms with Crippen LogP contribution in [0.4, 0.5) is 0 Å². The third-order valence-electron chi connectivity index (χ3n) is 8.10. The van der Waals surface area contributed by atoms with E-state index >= 15 is 0 Å². The van der Waals surface area contributed by atoms with Gasteiger partial charge in [0.25, 0.3) is 0 Å². The molecule has 3 unspecified atom stereocenters. The van der Waals surface area contributed by atoms with E-state index in [0.717, 1.165) is 32.2 Å². The van der Waals surface area contributed by atoms with Gasteiger partial charge in [-0.05, 0) is 41.9 Å². The zero-order valence-electron chi connectivity index (χ0n) is 18.2. The molecular formula is C27H30N2O2. The highest BCUT2D eigenvalue weighted by Crippen LogP contribution is 2.59. The standard InChI is InChI=1S/C27H30N2O2/c1-20-24-13-12-22-18-28-29(19-21-8-4-2-5-9-21)25(22)26(24,23-10-6-3-7-11-23)14-15-27(20)30-16-17-31-27/h2-11,18,20,24H,12-17,19H2,1H3. The third kappa shape index (κ3) is 2.85. The van der Waals surface area contributed by atoms with Crippen molar-refractivity contribution in [3.63, 3.8) is 0 Å². The summed E-state index contributed by atoms with van der Waals surface area (Å²) in [6, 6.07) is 21.8. The molecule has 1 saturated heterocycles. The second kappa shape index (κ2) is 7.32. The summed E-state index contributed by atoms with van der Waals surface area (Å²) in [7, 11) is 0. The number of aromatic nitrogens is 2. The highest BCUT2D eigenvalue weighted by Gasteiger charge is 2.60. The Bertz CT molecular complexity index is 1060. The number of hydrogen-bond donors (Lipinski definition) is 0. The van der Waals surface area contributed by atoms with Gasteiger partial charge in [0.15, 0.2) is 5.79 Å². The van der Waals surface area contributed by atoms with E-state index in [1.165, 1.54) is 22.4 Å². The Morgan fingerprint density at radius 2 is 1.68 bits per heavy atom. The van der Waals surface area contributed by atoms with Gasteiger partial charge in [-0.3, -0.25) is 4.68 Å². The van der Waals surface area contributed by atoms with Crippen LogP contribution in [0.15, 0.2) is 66.9 Å². The quantitative estimate of drug-likeness (QED) is 0.608. The van der Waals surface area contributed by atoms with Crippen molar-refractivity contribution in [3.8, 4) is 0 Å². The molecule has 6 rings (SSSR count). The fourth-order valence-corrected chi connectivity index (χ4v) is 6.73. The SMILES string of the molecule is CC1C2CCc3cnn(Cc4ccccc4)c3C2(c2ccccc2)CCC12OCCO2. The smallest absolute Gasteiger partial charge is 0.171 e. The van der Waals surface area contributed by atoms with Gasteiger partial charge in [-0.25, -0.2) is 0 Å². The number of rotatable bonds is 3. The van der Waals surface area contributed by atoms with Crippen molar-refractivity contribution in [3.05, 3.63) is 89.2 Å². The van der Waals surface area contributed by atoms with Gasteiger partial charge < -0.3 is 9.47 Å². The van der Waals surface area contributed by atoms with Crippen LogP contribution >= 0.6 is 0 Å². The maximum absolute atomic E-state index is 6.27. The molecule has 0 amide bonds. The van der Waals surface area contributed by atoms with E-state index in [-0.39, 0.29) is 5.41 Å². The first kappa shape index (κ1) is 19.3. The average molecular weight is 415 g/mol. The molecule has 3 aliphatic rings. The van der Waals surface area contributed by atoms with Crippen molar-refractivity contribution in [2.24, 2.45) is 11.8 Å². The molecule has 0 N–H and O–H groups in total. The van der Waals surface area contributed by atoms with E-state index in [4.69, 9.17) is 14.6 Å². The highest BCUT2D eigenvalue weighted by atomic mass is 16.7. The number of aryl methyl sites for hydroxylation is 1. The van der Waals surface area contributed by atoms with Gasteiger partial charge in [0, 0.05) is 17.8 Å². The molecule has 4 nitrogen and oxygen atoms in total. The average Bonchev–Trinajstić information content (AvgIpc) is 3.46. The lowest BCUT2D eigenvalue weighted by Gasteiger charge is -2.56. The van der Waals surface area contributed by atoms with Crippen molar-refractivity contribution in [1.29, 1.82) is 0 Å². The van der Waals surface area contributed by atoms with Crippen LogP contribution in [0.3, 0.4) is 0 Å². The van der Waals surface area contributed by atoms with Crippen molar-refractivity contribution >= 4 is 0 Å².